The van der Waals surface area contributed by atoms with Crippen LogP contribution in [0.5, 0.6) is 190 Å². The van der Waals surface area contributed by atoms with E-state index in [1.165, 1.54) is 12.1 Å². The normalized spacial score (nSPS) is 11.0. The average molecular weight is 1910 g/mol. The molecule has 0 saturated heterocycles. The highest BCUT2D eigenvalue weighted by Crippen LogP contribution is 2.49. The Labute approximate surface area is 760 Å². The summed E-state index contributed by atoms with van der Waals surface area (Å²) in [5.74, 6) is -54.1. The van der Waals surface area contributed by atoms with Gasteiger partial charge >= 0.3 is 71.8 Å². The van der Waals surface area contributed by atoms with Crippen molar-refractivity contribution in [3.63, 3.8) is 0 Å². The van der Waals surface area contributed by atoms with Crippen LogP contribution < -0.4 is 52.1 Å². The van der Waals surface area contributed by atoms with E-state index in [4.69, 9.17) is 52.1 Å². The molecule has 13 aromatic rings. The van der Waals surface area contributed by atoms with E-state index in [9.17, 15) is 178 Å². The van der Waals surface area contributed by atoms with Crippen LogP contribution in [0.25, 0.3) is 0 Å². The lowest BCUT2D eigenvalue weighted by molar-refractivity contribution is -0.137. The third-order valence-electron chi connectivity index (χ3n) is 18.8. The summed E-state index contributed by atoms with van der Waals surface area (Å²) in [4.78, 5) is 150. The molecule has 1 heterocycles. The van der Waals surface area contributed by atoms with Gasteiger partial charge in [0.05, 0.1) is 66.9 Å². The van der Waals surface area contributed by atoms with Gasteiger partial charge in [0.2, 0.25) is 46.0 Å². The SMILES string of the molecule is O=C(Oc1cc(OC(=O)c2cc(O)c(O)c(OC(=O)c3cc(O)c(O)c(OC(=O)c4cc(O)c(O)c(OC(=O)c5cc(O)c(O)c(OC(=O)c6cc(O)c(O)c(O)c6)c5)c4)c3)c2)cc(OC(=O)c2cc(CCc3ccc(C(F)(F)F)cc3)n[nH]2)c1)c1cc(O)c(O)c(OC(=O)c2cc(O)c(O)c(OC(=O)c3cc(O)c(O)c(OC(=O)c4cc(O)c(O)c(OC(=O)c5cc(O)c(O)c(O)c5)c4)c3)c2)c1. The molecule has 0 bridgehead atoms. The van der Waals surface area contributed by atoms with Gasteiger partial charge in [-0.05, 0) is 158 Å². The number of hydrogen-bond acceptors (Lipinski definition) is 45. The number of aromatic nitrogens is 2. The standard InChI is InChI=1S/C89H55F3N2O44/c90-89(91,92)42-4-1-31(2-5-42)3-6-43-27-47(94-93-43)88(127)130-46-29-44(128-78(117)34-11-52(99)70(109)60(19-34)133-82(121)38-15-56(103)74(113)64(23-38)137-86(125)40-17-58(105)76(115)66(25-40)135-84(123)36-13-54(101)72(111)62(21-36)131-80(119)32-7-48(95)68(107)49(96)8-32)28-45(30-46)129-79(118)35-12-53(100)71(110)61(20-35)134-83(122)39-16-57(104)75(114)65(24-39)138-87(126)41-18-59(106)77(116)67(26-41)136-85(124)37-14-55(102)73(112)63(22-37)132-81(120)33-9-50(97)69(108)51(98)10-33/h1-2,4-5,7-30,95-116H,3,6H2,(H,93,94). The number of nitrogens with one attached hydrogen (secondary N) is 1. The molecular formula is C89H55F3N2O44. The van der Waals surface area contributed by atoms with Crippen molar-refractivity contribution in [2.24, 2.45) is 0 Å². The maximum Gasteiger partial charge on any atom is 0.416 e. The summed E-state index contributed by atoms with van der Waals surface area (Å²) in [6.45, 7) is 0. The van der Waals surface area contributed by atoms with Gasteiger partial charge in [0.15, 0.2) is 126 Å². The van der Waals surface area contributed by atoms with Gasteiger partial charge in [-0.3, -0.25) is 5.10 Å². The highest BCUT2D eigenvalue weighted by atomic mass is 19.4. The summed E-state index contributed by atoms with van der Waals surface area (Å²) in [5.41, 5.74) is -8.88. The number of phenols is 22. The summed E-state index contributed by atoms with van der Waals surface area (Å²) in [5, 5.41) is 236. The number of rotatable bonds is 25. The zero-order valence-corrected chi connectivity index (χ0v) is 68.0. The van der Waals surface area contributed by atoms with Crippen LogP contribution >= 0.6 is 0 Å². The quantitative estimate of drug-likeness (QED) is 0.0144. The summed E-state index contributed by atoms with van der Waals surface area (Å²) in [7, 11) is 0. The van der Waals surface area contributed by atoms with Crippen LogP contribution in [-0.2, 0) is 19.0 Å². The highest BCUT2D eigenvalue weighted by molar-refractivity contribution is 6.02. The van der Waals surface area contributed by atoms with Crippen LogP contribution in [0.2, 0.25) is 0 Å². The molecule has 12 aromatic carbocycles. The molecule has 0 spiro atoms. The van der Waals surface area contributed by atoms with E-state index in [0.29, 0.717) is 127 Å². The zero-order chi connectivity index (χ0) is 100. The van der Waals surface area contributed by atoms with E-state index < -0.39 is 328 Å². The van der Waals surface area contributed by atoms with Crippen molar-refractivity contribution >= 4 is 65.7 Å². The Morgan fingerprint density at radius 3 is 0.609 bits per heavy atom. The lowest BCUT2D eigenvalue weighted by Crippen LogP contribution is -2.14. The van der Waals surface area contributed by atoms with Gasteiger partial charge in [-0.2, -0.15) is 18.3 Å². The number of ether oxygens (including phenoxy) is 11. The number of nitrogens with zero attached hydrogens (tertiary/aromatic N) is 1. The summed E-state index contributed by atoms with van der Waals surface area (Å²) in [6.07, 6.45) is -4.53. The number of benzene rings is 12. The van der Waals surface area contributed by atoms with Gasteiger partial charge in [-0.25, -0.2) is 52.7 Å². The van der Waals surface area contributed by atoms with Gasteiger partial charge in [-0.1, -0.05) is 12.1 Å². The number of carbonyl (C=O) groups is 11. The lowest BCUT2D eigenvalue weighted by Gasteiger charge is -2.14. The molecule has 138 heavy (non-hydrogen) atoms. The minimum Gasteiger partial charge on any atom is -0.504 e. The second-order valence-corrected chi connectivity index (χ2v) is 28.4. The number of carbonyl (C=O) groups excluding carboxylic acids is 11. The van der Waals surface area contributed by atoms with E-state index in [0.717, 1.165) is 36.4 Å². The number of aromatic hydroxyl groups is 22. The minimum atomic E-state index is -4.64. The highest BCUT2D eigenvalue weighted by Gasteiger charge is 2.34. The van der Waals surface area contributed by atoms with Crippen LogP contribution in [0.15, 0.2) is 170 Å². The molecule has 0 radical (unpaired) electrons. The zero-order valence-electron chi connectivity index (χ0n) is 68.0. The van der Waals surface area contributed by atoms with Gasteiger partial charge in [-0.15, -0.1) is 0 Å². The first-order chi connectivity index (χ1) is 65.0. The maximum absolute atomic E-state index is 14.2. The Morgan fingerprint density at radius 2 is 0.406 bits per heavy atom. The van der Waals surface area contributed by atoms with Crippen molar-refractivity contribution in [3.8, 4) is 190 Å². The lowest BCUT2D eigenvalue weighted by atomic mass is 10.1. The molecule has 0 amide bonds. The topological polar surface area (TPSA) is 763 Å². The van der Waals surface area contributed by atoms with Crippen LogP contribution in [0.4, 0.5) is 13.2 Å². The summed E-state index contributed by atoms with van der Waals surface area (Å²) >= 11 is 0. The van der Waals surface area contributed by atoms with Crippen LogP contribution in [-0.4, -0.2) is 188 Å². The fourth-order valence-corrected chi connectivity index (χ4v) is 12.0. The van der Waals surface area contributed by atoms with Gasteiger partial charge in [0.25, 0.3) is 0 Å². The predicted octanol–water partition coefficient (Wildman–Crippen LogP) is 10.1. The van der Waals surface area contributed by atoms with Gasteiger partial charge in [0, 0.05) is 18.2 Å². The van der Waals surface area contributed by atoms with Crippen LogP contribution in [0.1, 0.15) is 131 Å². The molecule has 23 N–H and O–H groups in total. The average Bonchev–Trinajstić information content (AvgIpc) is 0.960. The molecule has 0 aliphatic carbocycles. The Hall–Kier alpha value is -20.6. The first-order valence-corrected chi connectivity index (χ1v) is 37.8. The van der Waals surface area contributed by atoms with Crippen LogP contribution in [0.3, 0.4) is 0 Å². The predicted molar refractivity (Wildman–Crippen MR) is 439 cm³/mol. The molecule has 0 unspecified atom stereocenters. The minimum absolute atomic E-state index is 0.0184. The second-order valence-electron chi connectivity index (χ2n) is 28.4. The molecular weight excluding hydrogens is 1860 g/mol. The molecule has 13 rings (SSSR count). The van der Waals surface area contributed by atoms with Crippen LogP contribution in [0, 0.1) is 0 Å². The van der Waals surface area contributed by atoms with E-state index in [1.54, 1.807) is 0 Å². The van der Waals surface area contributed by atoms with Crippen molar-refractivity contribution < 1.29 is 230 Å². The van der Waals surface area contributed by atoms with E-state index in [1.807, 2.05) is 0 Å². The van der Waals surface area contributed by atoms with Crippen molar-refractivity contribution in [1.29, 1.82) is 0 Å². The summed E-state index contributed by atoms with van der Waals surface area (Å²) < 4.78 is 97.2. The van der Waals surface area contributed by atoms with E-state index in [-0.39, 0.29) is 18.5 Å². The molecule has 0 atom stereocenters. The smallest absolute Gasteiger partial charge is 0.416 e. The Balaban J connectivity index is 0.711. The van der Waals surface area contributed by atoms with E-state index >= 15 is 0 Å². The molecule has 0 fully saturated rings. The molecule has 49 heteroatoms. The maximum atomic E-state index is 14.2. The summed E-state index contributed by atoms with van der Waals surface area (Å²) in [6, 6.07) is 18.5. The van der Waals surface area contributed by atoms with Gasteiger partial charge in [0.1, 0.15) is 22.9 Å². The number of aromatic amines is 1. The third-order valence-corrected chi connectivity index (χ3v) is 18.8. The number of alkyl halides is 3. The number of aryl methyl sites for hydroxylation is 2. The molecule has 0 aliphatic rings. The molecule has 706 valence electrons. The fourth-order valence-electron chi connectivity index (χ4n) is 12.0. The van der Waals surface area contributed by atoms with Crippen molar-refractivity contribution in [2.45, 2.75) is 19.0 Å². The molecule has 1 aromatic heterocycles. The Kier molecular flexibility index (Phi) is 26.1. The Morgan fingerprint density at radius 1 is 0.225 bits per heavy atom. The van der Waals surface area contributed by atoms with Gasteiger partial charge < -0.3 is 164 Å². The Bertz CT molecular complexity index is 6910. The fraction of sp³-hybridized carbons (Fsp3) is 0.0337. The number of hydrogen-bond donors (Lipinski definition) is 23. The molecule has 46 nitrogen and oxygen atoms in total. The van der Waals surface area contributed by atoms with E-state index in [2.05, 4.69) is 10.2 Å². The third kappa shape index (κ3) is 20.8. The first-order valence-electron chi connectivity index (χ1n) is 37.8. The number of H-pyrrole nitrogens is 1. The molecule has 0 saturated carbocycles. The van der Waals surface area contributed by atoms with Crippen molar-refractivity contribution in [2.75, 3.05) is 0 Å². The number of esters is 11. The number of phenolic OH excluding ortho intramolecular Hbond substituents is 22. The van der Waals surface area contributed by atoms with Crippen molar-refractivity contribution in [1.82, 2.24) is 10.2 Å². The largest absolute Gasteiger partial charge is 0.504 e. The second kappa shape index (κ2) is 37.8. The molecule has 0 aliphatic heterocycles. The number of halogens is 3. The van der Waals surface area contributed by atoms with Crippen molar-refractivity contribution in [3.05, 3.63) is 248 Å². The first kappa shape index (κ1) is 95.0. The monoisotopic (exact) mass is 1910 g/mol.